The van der Waals surface area contributed by atoms with Gasteiger partial charge in [-0.15, -0.1) is 0 Å². The third kappa shape index (κ3) is 7.15. The predicted octanol–water partition coefficient (Wildman–Crippen LogP) is 3.78. The lowest BCUT2D eigenvalue weighted by atomic mass is 10.1. The summed E-state index contributed by atoms with van der Waals surface area (Å²) in [6, 6.07) is 19.6. The van der Waals surface area contributed by atoms with E-state index in [2.05, 4.69) is 5.32 Å². The van der Waals surface area contributed by atoms with Crippen LogP contribution in [0.3, 0.4) is 0 Å². The van der Waals surface area contributed by atoms with Gasteiger partial charge in [-0.05, 0) is 24.5 Å². The molecule has 1 atom stereocenters. The van der Waals surface area contributed by atoms with Crippen LogP contribution in [0, 0.1) is 0 Å². The molecule has 2 N–H and O–H groups in total. The molecule has 1 aliphatic rings. The first-order chi connectivity index (χ1) is 15.0. The van der Waals surface area contributed by atoms with E-state index in [1.54, 1.807) is 6.20 Å². The summed E-state index contributed by atoms with van der Waals surface area (Å²) >= 11 is 0. The second-order valence-electron chi connectivity index (χ2n) is 7.68. The number of aryl methyl sites for hydroxylation is 1. The lowest BCUT2D eigenvalue weighted by Gasteiger charge is -2.24. The van der Waals surface area contributed by atoms with Crippen LogP contribution in [0.2, 0.25) is 0 Å². The summed E-state index contributed by atoms with van der Waals surface area (Å²) in [6.45, 7) is 2.87. The van der Waals surface area contributed by atoms with Crippen molar-refractivity contribution in [3.8, 4) is 0 Å². The molecule has 0 spiro atoms. The average molecular weight is 424 g/mol. The fourth-order valence-corrected chi connectivity index (χ4v) is 3.46. The van der Waals surface area contributed by atoms with Crippen molar-refractivity contribution >= 4 is 12.0 Å². The summed E-state index contributed by atoms with van der Waals surface area (Å²) in [5, 5.41) is 12.4. The minimum absolute atomic E-state index is 0.0167. The standard InChI is InChI=1S/C24H29N3O4/c1-19(25-23(28)13-12-20-8-4-2-5-9-20)14-22-15-26(24(29)30)17-27(22)18-31-16-21-10-6-3-7-11-21/h2-11,15,19H,12-14,16-18H2,1H3,(H,25,28)(H,29,30)/t19-/m1/s1. The van der Waals surface area contributed by atoms with E-state index in [0.29, 0.717) is 25.9 Å². The van der Waals surface area contributed by atoms with Gasteiger partial charge in [-0.2, -0.15) is 0 Å². The number of carbonyl (C=O) groups excluding carboxylic acids is 1. The number of ether oxygens (including phenoxy) is 1. The Balaban J connectivity index is 1.48. The SMILES string of the molecule is C[C@H](CC1=CN(C(=O)O)CN1COCc1ccccc1)NC(=O)CCc1ccccc1. The lowest BCUT2D eigenvalue weighted by molar-refractivity contribution is -0.121. The highest BCUT2D eigenvalue weighted by Crippen LogP contribution is 2.21. The van der Waals surface area contributed by atoms with Crippen molar-refractivity contribution in [2.45, 2.75) is 38.8 Å². The fraction of sp³-hybridized carbons (Fsp3) is 0.333. The Morgan fingerprint density at radius 3 is 2.35 bits per heavy atom. The lowest BCUT2D eigenvalue weighted by Crippen LogP contribution is -2.36. The Hall–Kier alpha value is -3.32. The number of rotatable bonds is 10. The molecule has 0 saturated heterocycles. The van der Waals surface area contributed by atoms with Crippen molar-refractivity contribution in [2.75, 3.05) is 13.4 Å². The summed E-state index contributed by atoms with van der Waals surface area (Å²) in [5.41, 5.74) is 3.01. The largest absolute Gasteiger partial charge is 0.465 e. The molecule has 0 unspecified atom stereocenters. The number of hydrogen-bond acceptors (Lipinski definition) is 4. The van der Waals surface area contributed by atoms with Crippen molar-refractivity contribution < 1.29 is 19.4 Å². The number of benzene rings is 2. The first-order valence-corrected chi connectivity index (χ1v) is 10.4. The number of hydrogen-bond donors (Lipinski definition) is 2. The zero-order valence-electron chi connectivity index (χ0n) is 17.7. The molecular weight excluding hydrogens is 394 g/mol. The molecule has 0 bridgehead atoms. The van der Waals surface area contributed by atoms with Crippen LogP contribution in [0.4, 0.5) is 4.79 Å². The van der Waals surface area contributed by atoms with Gasteiger partial charge in [0.05, 0.1) is 6.61 Å². The van der Waals surface area contributed by atoms with Crippen LogP contribution >= 0.6 is 0 Å². The Labute approximate surface area is 182 Å². The zero-order valence-corrected chi connectivity index (χ0v) is 17.7. The summed E-state index contributed by atoms with van der Waals surface area (Å²) in [6.07, 6.45) is 2.23. The second-order valence-corrected chi connectivity index (χ2v) is 7.68. The van der Waals surface area contributed by atoms with Gasteiger partial charge in [-0.3, -0.25) is 9.69 Å². The maximum Gasteiger partial charge on any atom is 0.412 e. The van der Waals surface area contributed by atoms with Crippen molar-refractivity contribution in [3.63, 3.8) is 0 Å². The molecule has 0 radical (unpaired) electrons. The van der Waals surface area contributed by atoms with Gasteiger partial charge in [0.1, 0.15) is 13.4 Å². The molecule has 0 aromatic heterocycles. The molecule has 2 aromatic carbocycles. The minimum atomic E-state index is -1.01. The summed E-state index contributed by atoms with van der Waals surface area (Å²) < 4.78 is 5.79. The zero-order chi connectivity index (χ0) is 22.1. The highest BCUT2D eigenvalue weighted by atomic mass is 16.5. The molecule has 1 aliphatic heterocycles. The highest BCUT2D eigenvalue weighted by Gasteiger charge is 2.26. The summed E-state index contributed by atoms with van der Waals surface area (Å²) in [5.74, 6) is -0.0167. The molecule has 2 aromatic rings. The summed E-state index contributed by atoms with van der Waals surface area (Å²) in [4.78, 5) is 26.8. The minimum Gasteiger partial charge on any atom is -0.465 e. The van der Waals surface area contributed by atoms with Gasteiger partial charge in [0.25, 0.3) is 0 Å². The highest BCUT2D eigenvalue weighted by molar-refractivity contribution is 5.76. The van der Waals surface area contributed by atoms with Gasteiger partial charge in [-0.25, -0.2) is 4.79 Å². The molecule has 0 saturated carbocycles. The number of nitrogens with zero attached hydrogens (tertiary/aromatic N) is 2. The molecule has 0 fully saturated rings. The van der Waals surface area contributed by atoms with Crippen molar-refractivity contribution in [1.82, 2.24) is 15.1 Å². The van der Waals surface area contributed by atoms with E-state index in [4.69, 9.17) is 4.74 Å². The Morgan fingerprint density at radius 1 is 1.06 bits per heavy atom. The normalized spacial score (nSPS) is 14.3. The van der Waals surface area contributed by atoms with Crippen LogP contribution in [0.1, 0.15) is 30.9 Å². The molecular formula is C24H29N3O4. The van der Waals surface area contributed by atoms with Gasteiger partial charge >= 0.3 is 6.09 Å². The van der Waals surface area contributed by atoms with Crippen molar-refractivity contribution in [1.29, 1.82) is 0 Å². The van der Waals surface area contributed by atoms with Crippen LogP contribution in [-0.2, 0) is 22.6 Å². The molecule has 3 rings (SSSR count). The van der Waals surface area contributed by atoms with E-state index in [-0.39, 0.29) is 25.3 Å². The summed E-state index contributed by atoms with van der Waals surface area (Å²) in [7, 11) is 0. The molecule has 164 valence electrons. The molecule has 7 heteroatoms. The van der Waals surface area contributed by atoms with Gasteiger partial charge in [0.2, 0.25) is 5.91 Å². The van der Waals surface area contributed by atoms with Gasteiger partial charge in [-0.1, -0.05) is 60.7 Å². The monoisotopic (exact) mass is 423 g/mol. The molecule has 0 aliphatic carbocycles. The average Bonchev–Trinajstić information content (AvgIpc) is 3.16. The molecule has 2 amide bonds. The van der Waals surface area contributed by atoms with Crippen molar-refractivity contribution in [2.24, 2.45) is 0 Å². The maximum absolute atomic E-state index is 12.3. The molecule has 1 heterocycles. The first kappa shape index (κ1) is 22.4. The van der Waals surface area contributed by atoms with Crippen LogP contribution in [0.5, 0.6) is 0 Å². The Kier molecular flexibility index (Phi) is 8.06. The maximum atomic E-state index is 12.3. The Bertz CT molecular complexity index is 886. The van der Waals surface area contributed by atoms with Crippen LogP contribution in [-0.4, -0.2) is 46.3 Å². The topological polar surface area (TPSA) is 82.1 Å². The van der Waals surface area contributed by atoms with E-state index in [0.717, 1.165) is 16.8 Å². The third-order valence-corrected chi connectivity index (χ3v) is 5.04. The number of amides is 2. The third-order valence-electron chi connectivity index (χ3n) is 5.04. The van der Waals surface area contributed by atoms with Crippen molar-refractivity contribution in [3.05, 3.63) is 83.7 Å². The smallest absolute Gasteiger partial charge is 0.412 e. The van der Waals surface area contributed by atoms with Gasteiger partial charge in [0, 0.05) is 30.8 Å². The Morgan fingerprint density at radius 2 is 1.71 bits per heavy atom. The van der Waals surface area contributed by atoms with E-state index in [1.165, 1.54) is 4.90 Å². The van der Waals surface area contributed by atoms with Crippen LogP contribution in [0.15, 0.2) is 72.6 Å². The van der Waals surface area contributed by atoms with Gasteiger partial charge in [0.15, 0.2) is 0 Å². The number of nitrogens with one attached hydrogen (secondary N) is 1. The van der Waals surface area contributed by atoms with E-state index < -0.39 is 6.09 Å². The predicted molar refractivity (Wildman–Crippen MR) is 118 cm³/mol. The first-order valence-electron chi connectivity index (χ1n) is 10.4. The molecule has 31 heavy (non-hydrogen) atoms. The van der Waals surface area contributed by atoms with E-state index in [1.807, 2.05) is 72.5 Å². The quantitative estimate of drug-likeness (QED) is 0.608. The fourth-order valence-electron chi connectivity index (χ4n) is 3.46. The second kappa shape index (κ2) is 11.2. The van der Waals surface area contributed by atoms with E-state index >= 15 is 0 Å². The number of carboxylic acid groups (broad SMARTS) is 1. The van der Waals surface area contributed by atoms with Crippen LogP contribution in [0.25, 0.3) is 0 Å². The number of carbonyl (C=O) groups is 2. The van der Waals surface area contributed by atoms with E-state index in [9.17, 15) is 14.7 Å². The molecule has 7 nitrogen and oxygen atoms in total. The van der Waals surface area contributed by atoms with Crippen LogP contribution < -0.4 is 5.32 Å². The van der Waals surface area contributed by atoms with Gasteiger partial charge < -0.3 is 20.1 Å².